The van der Waals surface area contributed by atoms with E-state index in [0.29, 0.717) is 29.0 Å². The van der Waals surface area contributed by atoms with Crippen LogP contribution in [0.3, 0.4) is 0 Å². The molecule has 31 heavy (non-hydrogen) atoms. The van der Waals surface area contributed by atoms with Crippen LogP contribution >= 0.6 is 34.8 Å². The zero-order chi connectivity index (χ0) is 23.1. The molecular weight excluding hydrogens is 467 g/mol. The Kier molecular flexibility index (Phi) is 9.13. The average molecular weight is 488 g/mol. The molecule has 0 saturated carbocycles. The smallest absolute Gasteiger partial charge is 0.328 e. The van der Waals surface area contributed by atoms with Gasteiger partial charge >= 0.3 is 5.97 Å². The van der Waals surface area contributed by atoms with E-state index < -0.39 is 29.9 Å². The summed E-state index contributed by atoms with van der Waals surface area (Å²) in [5, 5.41) is 24.8. The van der Waals surface area contributed by atoms with Gasteiger partial charge in [-0.25, -0.2) is 4.79 Å². The van der Waals surface area contributed by atoms with Gasteiger partial charge in [-0.1, -0.05) is 46.9 Å². The largest absolute Gasteiger partial charge is 0.480 e. The van der Waals surface area contributed by atoms with E-state index >= 15 is 0 Å². The molecule has 166 valence electrons. The third-order valence-electron chi connectivity index (χ3n) is 4.43. The van der Waals surface area contributed by atoms with Gasteiger partial charge in [-0.2, -0.15) is 0 Å². The molecule has 2 atom stereocenters. The first-order chi connectivity index (χ1) is 14.6. The molecule has 0 fully saturated rings. The number of halogens is 3. The quantitative estimate of drug-likeness (QED) is 0.431. The fourth-order valence-corrected chi connectivity index (χ4v) is 3.75. The van der Waals surface area contributed by atoms with E-state index in [1.807, 2.05) is 0 Å². The van der Waals surface area contributed by atoms with Crippen LogP contribution in [0.4, 0.5) is 0 Å². The molecule has 7 nitrogen and oxygen atoms in total. The van der Waals surface area contributed by atoms with Gasteiger partial charge in [-0.15, -0.1) is 0 Å². The lowest BCUT2D eigenvalue weighted by Gasteiger charge is -2.17. The summed E-state index contributed by atoms with van der Waals surface area (Å²) in [6, 6.07) is 8.64. The number of hydrogen-bond acceptors (Lipinski definition) is 4. The van der Waals surface area contributed by atoms with Crippen LogP contribution in [-0.4, -0.2) is 40.6 Å². The molecule has 4 N–H and O–H groups in total. The van der Waals surface area contributed by atoms with Crippen LogP contribution in [0.25, 0.3) is 0 Å². The SMILES string of the molecule is CC(=O)NC[C@H](NC(=O)c1c(Cl)cc(CCC(O)c2cccc(Cl)c2)cc1Cl)C(=O)O. The third-order valence-corrected chi connectivity index (χ3v) is 5.26. The Hall–Kier alpha value is -2.32. The molecule has 0 spiro atoms. The molecule has 2 amide bonds. The number of hydrogen-bond donors (Lipinski definition) is 4. The highest BCUT2D eigenvalue weighted by molar-refractivity contribution is 6.39. The summed E-state index contributed by atoms with van der Waals surface area (Å²) < 4.78 is 0. The molecule has 2 rings (SSSR count). The predicted molar refractivity (Wildman–Crippen MR) is 119 cm³/mol. The predicted octanol–water partition coefficient (Wildman–Crippen LogP) is 3.63. The van der Waals surface area contributed by atoms with Crippen molar-refractivity contribution in [1.82, 2.24) is 10.6 Å². The number of carboxylic acid groups (broad SMARTS) is 1. The Morgan fingerprint density at radius 1 is 1.06 bits per heavy atom. The number of nitrogens with one attached hydrogen (secondary N) is 2. The number of amides is 2. The number of carbonyl (C=O) groups is 3. The number of benzene rings is 2. The van der Waals surface area contributed by atoms with Gasteiger partial charge in [-0.3, -0.25) is 9.59 Å². The molecule has 2 aromatic rings. The molecular formula is C21H21Cl3N2O5. The summed E-state index contributed by atoms with van der Waals surface area (Å²) in [4.78, 5) is 34.9. The normalized spacial score (nSPS) is 12.7. The second-order valence-electron chi connectivity index (χ2n) is 6.85. The fourth-order valence-electron chi connectivity index (χ4n) is 2.85. The molecule has 0 aliphatic rings. The van der Waals surface area contributed by atoms with Crippen molar-refractivity contribution in [2.75, 3.05) is 6.54 Å². The summed E-state index contributed by atoms with van der Waals surface area (Å²) in [5.41, 5.74) is 1.30. The van der Waals surface area contributed by atoms with E-state index in [4.69, 9.17) is 34.8 Å². The summed E-state index contributed by atoms with van der Waals surface area (Å²) in [7, 11) is 0. The number of aliphatic hydroxyl groups excluding tert-OH is 1. The molecule has 0 saturated heterocycles. The van der Waals surface area contributed by atoms with E-state index in [-0.39, 0.29) is 22.2 Å². The van der Waals surface area contributed by atoms with Crippen LogP contribution in [-0.2, 0) is 16.0 Å². The maximum absolute atomic E-state index is 12.5. The van der Waals surface area contributed by atoms with Crippen molar-refractivity contribution in [1.29, 1.82) is 0 Å². The van der Waals surface area contributed by atoms with Crippen molar-refractivity contribution in [3.05, 3.63) is 68.2 Å². The summed E-state index contributed by atoms with van der Waals surface area (Å²) in [5.74, 6) is -2.53. The summed E-state index contributed by atoms with van der Waals surface area (Å²) in [6.07, 6.45) is 0.0513. The Balaban J connectivity index is 2.09. The van der Waals surface area contributed by atoms with Crippen LogP contribution in [0, 0.1) is 0 Å². The standard InChI is InChI=1S/C21H21Cl3N2O5/c1-11(27)25-10-17(21(30)31)26-20(29)19-15(23)7-12(8-16(19)24)5-6-18(28)13-3-2-4-14(22)9-13/h2-4,7-9,17-18,28H,5-6,10H2,1H3,(H,25,27)(H,26,29)(H,30,31)/t17-,18?/m0/s1. The van der Waals surface area contributed by atoms with Gasteiger partial charge in [0.2, 0.25) is 5.91 Å². The Morgan fingerprint density at radius 3 is 2.26 bits per heavy atom. The van der Waals surface area contributed by atoms with Crippen molar-refractivity contribution in [2.24, 2.45) is 0 Å². The minimum absolute atomic E-state index is 0.0425. The maximum atomic E-state index is 12.5. The molecule has 0 bridgehead atoms. The van der Waals surface area contributed by atoms with E-state index in [0.717, 1.165) is 0 Å². The molecule has 2 aromatic carbocycles. The molecule has 0 aliphatic heterocycles. The number of aliphatic hydroxyl groups is 1. The van der Waals surface area contributed by atoms with Gasteiger partial charge < -0.3 is 20.8 Å². The highest BCUT2D eigenvalue weighted by Crippen LogP contribution is 2.29. The molecule has 1 unspecified atom stereocenters. The summed E-state index contributed by atoms with van der Waals surface area (Å²) in [6.45, 7) is 0.946. The van der Waals surface area contributed by atoms with E-state index in [1.54, 1.807) is 24.3 Å². The van der Waals surface area contributed by atoms with Crippen LogP contribution in [0.5, 0.6) is 0 Å². The van der Waals surface area contributed by atoms with Gasteiger partial charge in [0.15, 0.2) is 0 Å². The van der Waals surface area contributed by atoms with Crippen LogP contribution < -0.4 is 10.6 Å². The molecule has 0 aliphatic carbocycles. The topological polar surface area (TPSA) is 116 Å². The van der Waals surface area contributed by atoms with E-state index in [2.05, 4.69) is 10.6 Å². The number of carboxylic acids is 1. The van der Waals surface area contributed by atoms with Crippen LogP contribution in [0.15, 0.2) is 36.4 Å². The minimum atomic E-state index is -1.35. The maximum Gasteiger partial charge on any atom is 0.328 e. The van der Waals surface area contributed by atoms with E-state index in [9.17, 15) is 24.6 Å². The third kappa shape index (κ3) is 7.40. The lowest BCUT2D eigenvalue weighted by atomic mass is 10.0. The second kappa shape index (κ2) is 11.3. The van der Waals surface area contributed by atoms with Crippen molar-refractivity contribution in [2.45, 2.75) is 31.9 Å². The van der Waals surface area contributed by atoms with Crippen molar-refractivity contribution in [3.63, 3.8) is 0 Å². The highest BCUT2D eigenvalue weighted by atomic mass is 35.5. The lowest BCUT2D eigenvalue weighted by molar-refractivity contribution is -0.139. The molecule has 0 heterocycles. The van der Waals surface area contributed by atoms with Gasteiger partial charge in [0.1, 0.15) is 6.04 Å². The molecule has 0 aromatic heterocycles. The van der Waals surface area contributed by atoms with Gasteiger partial charge in [0.05, 0.1) is 21.7 Å². The average Bonchev–Trinajstić information content (AvgIpc) is 2.68. The second-order valence-corrected chi connectivity index (χ2v) is 8.10. The minimum Gasteiger partial charge on any atom is -0.480 e. The zero-order valence-electron chi connectivity index (χ0n) is 16.5. The van der Waals surface area contributed by atoms with Crippen molar-refractivity contribution < 1.29 is 24.6 Å². The van der Waals surface area contributed by atoms with Crippen molar-refractivity contribution in [3.8, 4) is 0 Å². The Bertz CT molecular complexity index is 960. The number of rotatable bonds is 9. The van der Waals surface area contributed by atoms with Crippen LogP contribution in [0.2, 0.25) is 15.1 Å². The Labute approximate surface area is 194 Å². The number of aliphatic carboxylic acids is 1. The first-order valence-electron chi connectivity index (χ1n) is 9.28. The number of carbonyl (C=O) groups excluding carboxylic acids is 2. The lowest BCUT2D eigenvalue weighted by Crippen LogP contribution is -2.48. The Morgan fingerprint density at radius 2 is 1.71 bits per heavy atom. The fraction of sp³-hybridized carbons (Fsp3) is 0.286. The van der Waals surface area contributed by atoms with Gasteiger partial charge in [-0.05, 0) is 48.2 Å². The van der Waals surface area contributed by atoms with E-state index in [1.165, 1.54) is 19.1 Å². The number of aryl methyl sites for hydroxylation is 1. The van der Waals surface area contributed by atoms with Gasteiger partial charge in [0, 0.05) is 18.5 Å². The monoisotopic (exact) mass is 486 g/mol. The van der Waals surface area contributed by atoms with Gasteiger partial charge in [0.25, 0.3) is 5.91 Å². The molecule has 0 radical (unpaired) electrons. The highest BCUT2D eigenvalue weighted by Gasteiger charge is 2.24. The van der Waals surface area contributed by atoms with Crippen molar-refractivity contribution >= 4 is 52.6 Å². The summed E-state index contributed by atoms with van der Waals surface area (Å²) >= 11 is 18.4. The zero-order valence-corrected chi connectivity index (χ0v) is 18.8. The molecule has 10 heteroatoms. The first-order valence-corrected chi connectivity index (χ1v) is 10.4. The first kappa shape index (κ1) is 24.9. The van der Waals surface area contributed by atoms with Crippen LogP contribution in [0.1, 0.15) is 40.9 Å².